The molecule has 0 aliphatic heterocycles. The Bertz CT molecular complexity index is 537. The molecule has 2 rings (SSSR count). The second-order valence-corrected chi connectivity index (χ2v) is 4.94. The summed E-state index contributed by atoms with van der Waals surface area (Å²) >= 11 is 0. The molecule has 1 aromatic carbocycles. The normalized spacial score (nSPS) is 14.2. The molecule has 0 fully saturated rings. The first-order chi connectivity index (χ1) is 9.65. The van der Waals surface area contributed by atoms with Crippen LogP contribution in [-0.2, 0) is 24.6 Å². The van der Waals surface area contributed by atoms with Crippen LogP contribution in [0.3, 0.4) is 0 Å². The van der Waals surface area contributed by atoms with Crippen LogP contribution >= 0.6 is 0 Å². The lowest BCUT2D eigenvalue weighted by atomic mass is 10.0. The fourth-order valence-corrected chi connectivity index (χ4v) is 2.41. The number of aliphatic hydroxyl groups excluding tert-OH is 1. The fraction of sp³-hybridized carbons (Fsp3) is 0.438. The number of aromatic nitrogens is 2. The summed E-state index contributed by atoms with van der Waals surface area (Å²) in [6.07, 6.45) is 0.506. The maximum absolute atomic E-state index is 10.5. The van der Waals surface area contributed by atoms with E-state index < -0.39 is 6.10 Å². The van der Waals surface area contributed by atoms with Crippen LogP contribution in [-0.4, -0.2) is 28.1 Å². The summed E-state index contributed by atoms with van der Waals surface area (Å²) in [5.74, 6) is 0. The van der Waals surface area contributed by atoms with Crippen molar-refractivity contribution in [2.75, 3.05) is 7.11 Å². The van der Waals surface area contributed by atoms with Crippen LogP contribution in [0.5, 0.6) is 0 Å². The van der Waals surface area contributed by atoms with Crippen molar-refractivity contribution in [3.05, 3.63) is 53.3 Å². The summed E-state index contributed by atoms with van der Waals surface area (Å²) in [6, 6.07) is 11.8. The van der Waals surface area contributed by atoms with Gasteiger partial charge in [-0.25, -0.2) is 0 Å². The average molecular weight is 274 g/mol. The summed E-state index contributed by atoms with van der Waals surface area (Å²) in [7, 11) is 3.53. The number of hydrogen-bond donors (Lipinski definition) is 1. The maximum Gasteiger partial charge on any atom is 0.108 e. The number of hydrogen-bond acceptors (Lipinski definition) is 3. The van der Waals surface area contributed by atoms with Crippen LogP contribution in [0.4, 0.5) is 0 Å². The van der Waals surface area contributed by atoms with E-state index in [9.17, 15) is 5.11 Å². The number of aryl methyl sites for hydroxylation is 2. The van der Waals surface area contributed by atoms with Gasteiger partial charge in [-0.1, -0.05) is 37.3 Å². The third kappa shape index (κ3) is 3.26. The predicted octanol–water partition coefficient (Wildman–Crippen LogP) is 2.27. The fourth-order valence-electron chi connectivity index (χ4n) is 2.41. The standard InChI is InChI=1S/C16H22N2O2/c1-4-13-10-14(18(2)17-13)11-15(19)16(20-3)12-8-6-5-7-9-12/h5-10,15-16,19H,4,11H2,1-3H3. The average Bonchev–Trinajstić information content (AvgIpc) is 2.81. The Morgan fingerprint density at radius 3 is 2.55 bits per heavy atom. The zero-order valence-corrected chi connectivity index (χ0v) is 12.3. The third-order valence-corrected chi connectivity index (χ3v) is 3.54. The molecule has 0 amide bonds. The summed E-state index contributed by atoms with van der Waals surface area (Å²) in [6.45, 7) is 2.07. The highest BCUT2D eigenvalue weighted by atomic mass is 16.5. The highest BCUT2D eigenvalue weighted by Crippen LogP contribution is 2.23. The topological polar surface area (TPSA) is 47.3 Å². The molecule has 2 unspecified atom stereocenters. The molecule has 0 saturated heterocycles. The zero-order valence-electron chi connectivity index (χ0n) is 12.3. The van der Waals surface area contributed by atoms with Crippen molar-refractivity contribution >= 4 is 0 Å². The largest absolute Gasteiger partial charge is 0.390 e. The van der Waals surface area contributed by atoms with E-state index in [1.807, 2.05) is 48.1 Å². The predicted molar refractivity (Wildman–Crippen MR) is 78.5 cm³/mol. The monoisotopic (exact) mass is 274 g/mol. The van der Waals surface area contributed by atoms with Crippen molar-refractivity contribution in [1.29, 1.82) is 0 Å². The van der Waals surface area contributed by atoms with Crippen LogP contribution in [0.2, 0.25) is 0 Å². The van der Waals surface area contributed by atoms with Gasteiger partial charge in [0.2, 0.25) is 0 Å². The van der Waals surface area contributed by atoms with E-state index in [0.717, 1.165) is 23.4 Å². The first kappa shape index (κ1) is 14.8. The van der Waals surface area contributed by atoms with Gasteiger partial charge in [-0.15, -0.1) is 0 Å². The number of nitrogens with zero attached hydrogens (tertiary/aromatic N) is 2. The van der Waals surface area contributed by atoms with Crippen LogP contribution in [0, 0.1) is 0 Å². The lowest BCUT2D eigenvalue weighted by molar-refractivity contribution is -0.0136. The van der Waals surface area contributed by atoms with Crippen molar-refractivity contribution in [2.45, 2.75) is 32.0 Å². The molecule has 0 spiro atoms. The number of aliphatic hydroxyl groups is 1. The Balaban J connectivity index is 2.13. The van der Waals surface area contributed by atoms with Crippen molar-refractivity contribution in [2.24, 2.45) is 7.05 Å². The highest BCUT2D eigenvalue weighted by Gasteiger charge is 2.22. The van der Waals surface area contributed by atoms with E-state index in [2.05, 4.69) is 12.0 Å². The minimum absolute atomic E-state index is 0.323. The van der Waals surface area contributed by atoms with Gasteiger partial charge in [0.05, 0.1) is 11.8 Å². The van der Waals surface area contributed by atoms with Gasteiger partial charge in [-0.2, -0.15) is 5.10 Å². The SMILES string of the molecule is CCc1cc(CC(O)C(OC)c2ccccc2)n(C)n1. The van der Waals surface area contributed by atoms with Crippen LogP contribution in [0.15, 0.2) is 36.4 Å². The molecule has 2 aromatic rings. The molecule has 20 heavy (non-hydrogen) atoms. The summed E-state index contributed by atoms with van der Waals surface area (Å²) in [5, 5.41) is 14.9. The smallest absolute Gasteiger partial charge is 0.108 e. The number of methoxy groups -OCH3 is 1. The molecule has 2 atom stereocenters. The van der Waals surface area contributed by atoms with Crippen molar-refractivity contribution in [3.8, 4) is 0 Å². The third-order valence-electron chi connectivity index (χ3n) is 3.54. The van der Waals surface area contributed by atoms with Crippen LogP contribution in [0.1, 0.15) is 30.0 Å². The first-order valence-corrected chi connectivity index (χ1v) is 6.93. The molecule has 4 nitrogen and oxygen atoms in total. The van der Waals surface area contributed by atoms with Gasteiger partial charge < -0.3 is 9.84 Å². The van der Waals surface area contributed by atoms with Gasteiger partial charge in [0.25, 0.3) is 0 Å². The van der Waals surface area contributed by atoms with Gasteiger partial charge in [-0.3, -0.25) is 4.68 Å². The van der Waals surface area contributed by atoms with Crippen LogP contribution < -0.4 is 0 Å². The van der Waals surface area contributed by atoms with Gasteiger partial charge in [0.15, 0.2) is 0 Å². The molecule has 0 radical (unpaired) electrons. The van der Waals surface area contributed by atoms with E-state index in [4.69, 9.17) is 4.74 Å². The zero-order chi connectivity index (χ0) is 14.5. The molecular weight excluding hydrogens is 252 g/mol. The Morgan fingerprint density at radius 2 is 2.00 bits per heavy atom. The molecule has 1 heterocycles. The quantitative estimate of drug-likeness (QED) is 0.879. The second-order valence-electron chi connectivity index (χ2n) is 4.94. The van der Waals surface area contributed by atoms with Gasteiger partial charge >= 0.3 is 0 Å². The Kier molecular flexibility index (Phi) is 4.93. The molecule has 0 saturated carbocycles. The van der Waals surface area contributed by atoms with E-state index in [1.165, 1.54) is 0 Å². The highest BCUT2D eigenvalue weighted by molar-refractivity contribution is 5.20. The van der Waals surface area contributed by atoms with Gasteiger partial charge in [0, 0.05) is 26.3 Å². The minimum atomic E-state index is -0.595. The minimum Gasteiger partial charge on any atom is -0.390 e. The van der Waals surface area contributed by atoms with E-state index in [-0.39, 0.29) is 6.10 Å². The van der Waals surface area contributed by atoms with Gasteiger partial charge in [-0.05, 0) is 18.1 Å². The summed E-state index contributed by atoms with van der Waals surface area (Å²) in [5.41, 5.74) is 3.05. The first-order valence-electron chi connectivity index (χ1n) is 6.93. The Labute approximate surface area is 120 Å². The summed E-state index contributed by atoms with van der Waals surface area (Å²) in [4.78, 5) is 0. The maximum atomic E-state index is 10.5. The second kappa shape index (κ2) is 6.68. The van der Waals surface area contributed by atoms with Crippen molar-refractivity contribution in [1.82, 2.24) is 9.78 Å². The molecular formula is C16H22N2O2. The number of benzene rings is 1. The van der Waals surface area contributed by atoms with E-state index in [0.29, 0.717) is 6.42 Å². The molecule has 1 aromatic heterocycles. The van der Waals surface area contributed by atoms with Crippen LogP contribution in [0.25, 0.3) is 0 Å². The van der Waals surface area contributed by atoms with Crippen molar-refractivity contribution < 1.29 is 9.84 Å². The molecule has 0 aliphatic rings. The number of ether oxygens (including phenoxy) is 1. The molecule has 1 N–H and O–H groups in total. The molecule has 108 valence electrons. The van der Waals surface area contributed by atoms with Crippen molar-refractivity contribution in [3.63, 3.8) is 0 Å². The molecule has 0 aliphatic carbocycles. The Hall–Kier alpha value is -1.65. The number of rotatable bonds is 6. The summed E-state index contributed by atoms with van der Waals surface area (Å²) < 4.78 is 7.30. The lowest BCUT2D eigenvalue weighted by Gasteiger charge is -2.22. The van der Waals surface area contributed by atoms with E-state index in [1.54, 1.807) is 7.11 Å². The van der Waals surface area contributed by atoms with E-state index >= 15 is 0 Å². The Morgan fingerprint density at radius 1 is 1.30 bits per heavy atom. The van der Waals surface area contributed by atoms with Gasteiger partial charge in [0.1, 0.15) is 6.10 Å². The lowest BCUT2D eigenvalue weighted by Crippen LogP contribution is -2.23. The molecule has 4 heteroatoms. The molecule has 0 bridgehead atoms.